The average molecular weight is 569 g/mol. The zero-order valence-corrected chi connectivity index (χ0v) is 25.1. The van der Waals surface area contributed by atoms with E-state index in [0.717, 1.165) is 37.2 Å². The second kappa shape index (κ2) is 11.6. The molecule has 1 aromatic rings. The number of hydrogen-bond donors (Lipinski definition) is 2. The maximum Gasteiger partial charge on any atom is 0.301 e. The summed E-state index contributed by atoms with van der Waals surface area (Å²) in [6, 6.07) is 3.60. The summed E-state index contributed by atoms with van der Waals surface area (Å²) in [6.45, 7) is 9.62. The monoisotopic (exact) mass is 568 g/mol. The molecule has 0 aliphatic heterocycles. The van der Waals surface area contributed by atoms with Crippen molar-refractivity contribution in [3.05, 3.63) is 38.4 Å². The number of nitrogens with zero attached hydrogens (tertiary/aromatic N) is 3. The zero-order valence-electron chi connectivity index (χ0n) is 25.1. The molecule has 0 amide bonds. The van der Waals surface area contributed by atoms with Crippen molar-refractivity contribution in [2.45, 2.75) is 104 Å². The summed E-state index contributed by atoms with van der Waals surface area (Å²) in [5, 5.41) is 38.1. The maximum absolute atomic E-state index is 11.7. The van der Waals surface area contributed by atoms with E-state index in [4.69, 9.17) is 0 Å². The van der Waals surface area contributed by atoms with Crippen LogP contribution < -0.4 is 5.43 Å². The molecule has 5 unspecified atom stereocenters. The molecule has 9 nitrogen and oxygen atoms in total. The van der Waals surface area contributed by atoms with Crippen LogP contribution in [0.15, 0.2) is 23.3 Å². The van der Waals surface area contributed by atoms with Crippen molar-refractivity contribution in [1.82, 2.24) is 0 Å². The molecule has 9 atom stereocenters. The highest BCUT2D eigenvalue weighted by Gasteiger charge is 2.65. The molecule has 5 rings (SSSR count). The third-order valence-electron chi connectivity index (χ3n) is 12.1. The van der Waals surface area contributed by atoms with Gasteiger partial charge in [-0.05, 0) is 104 Å². The molecular weight excluding hydrogens is 520 g/mol. The molecule has 4 aliphatic carbocycles. The summed E-state index contributed by atoms with van der Waals surface area (Å²) in [4.78, 5) is 21.6. The Morgan fingerprint density at radius 2 is 1.76 bits per heavy atom. The molecule has 2 N–H and O–H groups in total. The fourth-order valence-corrected chi connectivity index (χ4v) is 9.97. The largest absolute Gasteiger partial charge is 0.393 e. The SMILES string of the molecule is CC(C)CCCC[C@H]1CCC2C3C(/C=N/Nc4ccc([N+](=O)[O-])cc4[N+](=O)[O-])C4C[C@@H](O)CC[C@]4(C)C3CC[C@@]21C. The van der Waals surface area contributed by atoms with Crippen molar-refractivity contribution in [2.24, 2.45) is 57.4 Å². The molecule has 226 valence electrons. The molecule has 0 radical (unpaired) electrons. The average Bonchev–Trinajstić information content (AvgIpc) is 3.37. The first-order valence-corrected chi connectivity index (χ1v) is 15.9. The Morgan fingerprint density at radius 3 is 2.46 bits per heavy atom. The lowest BCUT2D eigenvalue weighted by Gasteiger charge is -2.51. The van der Waals surface area contributed by atoms with Gasteiger partial charge in [0.2, 0.25) is 0 Å². The topological polar surface area (TPSA) is 131 Å². The molecule has 9 heteroatoms. The fraction of sp³-hybridized carbons (Fsp3) is 0.781. The zero-order chi connectivity index (χ0) is 29.5. The summed E-state index contributed by atoms with van der Waals surface area (Å²) in [5.41, 5.74) is 2.83. The molecule has 4 fully saturated rings. The number of rotatable bonds is 10. The number of unbranched alkanes of at least 4 members (excludes halogenated alkanes) is 1. The summed E-state index contributed by atoms with van der Waals surface area (Å²) in [7, 11) is 0. The molecule has 41 heavy (non-hydrogen) atoms. The Bertz CT molecular complexity index is 1170. The second-order valence-electron chi connectivity index (χ2n) is 14.5. The number of nitro groups is 2. The van der Waals surface area contributed by atoms with Crippen LogP contribution in [0.2, 0.25) is 0 Å². The smallest absolute Gasteiger partial charge is 0.301 e. The van der Waals surface area contributed by atoms with Crippen LogP contribution in [-0.2, 0) is 0 Å². The van der Waals surface area contributed by atoms with Crippen LogP contribution in [0.25, 0.3) is 0 Å². The highest BCUT2D eigenvalue weighted by atomic mass is 16.6. The van der Waals surface area contributed by atoms with Gasteiger partial charge in [0, 0.05) is 18.2 Å². The number of nitro benzene ring substituents is 2. The first kappa shape index (κ1) is 29.9. The standard InChI is InChI=1S/C32H48N4O5/c1-20(2)7-5-6-8-21-9-11-25-30-24(19-33-34-28-12-10-22(35(38)39)17-29(28)36(40)41)27-18-23(37)13-15-32(27,4)26(30)14-16-31(21,25)3/h10,12,17,19-21,23-27,30,34,37H,5-9,11,13-16,18H2,1-4H3/b33-19+/t21-,23-,24?,25?,26?,27?,30?,31+,32+/m0/s1. The van der Waals surface area contributed by atoms with Gasteiger partial charge in [0.15, 0.2) is 0 Å². The van der Waals surface area contributed by atoms with E-state index < -0.39 is 9.85 Å². The van der Waals surface area contributed by atoms with Crippen LogP contribution in [0.3, 0.4) is 0 Å². The van der Waals surface area contributed by atoms with Gasteiger partial charge in [0.1, 0.15) is 5.69 Å². The molecule has 1 aromatic carbocycles. The number of hydrazone groups is 1. The summed E-state index contributed by atoms with van der Waals surface area (Å²) >= 11 is 0. The molecule has 0 saturated heterocycles. The van der Waals surface area contributed by atoms with Crippen molar-refractivity contribution in [3.63, 3.8) is 0 Å². The van der Waals surface area contributed by atoms with Crippen molar-refractivity contribution in [2.75, 3.05) is 5.43 Å². The minimum absolute atomic E-state index is 0.147. The van der Waals surface area contributed by atoms with Crippen LogP contribution in [0.5, 0.6) is 0 Å². The van der Waals surface area contributed by atoms with Gasteiger partial charge in [0.25, 0.3) is 5.69 Å². The van der Waals surface area contributed by atoms with Crippen molar-refractivity contribution < 1.29 is 15.0 Å². The second-order valence-corrected chi connectivity index (χ2v) is 14.5. The van der Waals surface area contributed by atoms with Gasteiger partial charge in [-0.15, -0.1) is 0 Å². The molecule has 4 aliphatic rings. The summed E-state index contributed by atoms with van der Waals surface area (Å²) < 4.78 is 0. The predicted molar refractivity (Wildman–Crippen MR) is 161 cm³/mol. The van der Waals surface area contributed by atoms with E-state index in [2.05, 4.69) is 38.2 Å². The van der Waals surface area contributed by atoms with Crippen molar-refractivity contribution >= 4 is 23.3 Å². The van der Waals surface area contributed by atoms with Gasteiger partial charge < -0.3 is 5.11 Å². The Hall–Kier alpha value is -2.55. The van der Waals surface area contributed by atoms with Gasteiger partial charge in [-0.1, -0.05) is 47.0 Å². The van der Waals surface area contributed by atoms with Crippen LogP contribution in [0.1, 0.15) is 98.3 Å². The first-order chi connectivity index (χ1) is 19.5. The van der Waals surface area contributed by atoms with Gasteiger partial charge in [-0.25, -0.2) is 0 Å². The van der Waals surface area contributed by atoms with E-state index in [1.54, 1.807) is 0 Å². The number of non-ortho nitro benzene ring substituents is 1. The first-order valence-electron chi connectivity index (χ1n) is 15.9. The Kier molecular flexibility index (Phi) is 8.48. The lowest BCUT2D eigenvalue weighted by Crippen LogP contribution is -2.44. The Labute approximate surface area is 243 Å². The van der Waals surface area contributed by atoms with E-state index in [1.165, 1.54) is 63.5 Å². The van der Waals surface area contributed by atoms with Crippen LogP contribution in [0.4, 0.5) is 17.1 Å². The van der Waals surface area contributed by atoms with Crippen LogP contribution in [-0.4, -0.2) is 27.3 Å². The quantitative estimate of drug-likeness (QED) is 0.127. The fourth-order valence-electron chi connectivity index (χ4n) is 9.97. The van der Waals surface area contributed by atoms with Crippen molar-refractivity contribution in [3.8, 4) is 0 Å². The molecule has 0 heterocycles. The number of aliphatic hydroxyl groups excluding tert-OH is 1. The van der Waals surface area contributed by atoms with Crippen molar-refractivity contribution in [1.29, 1.82) is 0 Å². The molecule has 0 bridgehead atoms. The number of anilines is 1. The molecular formula is C32H48N4O5. The number of aliphatic hydroxyl groups is 1. The number of hydrogen-bond acceptors (Lipinski definition) is 7. The van der Waals surface area contributed by atoms with E-state index in [9.17, 15) is 25.3 Å². The highest BCUT2D eigenvalue weighted by Crippen LogP contribution is 2.71. The van der Waals surface area contributed by atoms with Crippen LogP contribution in [0, 0.1) is 72.5 Å². The number of benzene rings is 1. The van der Waals surface area contributed by atoms with Gasteiger partial charge in [0.05, 0.1) is 22.0 Å². The van der Waals surface area contributed by atoms with E-state index in [1.807, 2.05) is 6.21 Å². The van der Waals surface area contributed by atoms with Gasteiger partial charge in [-0.2, -0.15) is 5.10 Å². The predicted octanol–water partition coefficient (Wildman–Crippen LogP) is 7.97. The lowest BCUT2D eigenvalue weighted by molar-refractivity contribution is -0.393. The Balaban J connectivity index is 1.40. The van der Waals surface area contributed by atoms with Gasteiger partial charge in [-0.3, -0.25) is 25.7 Å². The van der Waals surface area contributed by atoms with E-state index in [0.29, 0.717) is 29.1 Å². The number of fused-ring (bicyclic) bond motifs is 5. The molecule has 0 spiro atoms. The number of nitrogens with one attached hydrogen (secondary N) is 1. The normalized spacial score (nSPS) is 38.0. The molecule has 4 saturated carbocycles. The Morgan fingerprint density at radius 1 is 1.02 bits per heavy atom. The summed E-state index contributed by atoms with van der Waals surface area (Å²) in [5.74, 6) is 3.76. The van der Waals surface area contributed by atoms with E-state index in [-0.39, 0.29) is 34.5 Å². The third kappa shape index (κ3) is 5.51. The van der Waals surface area contributed by atoms with Crippen LogP contribution >= 0.6 is 0 Å². The maximum atomic E-state index is 11.7. The lowest BCUT2D eigenvalue weighted by atomic mass is 9.54. The minimum atomic E-state index is -0.632. The minimum Gasteiger partial charge on any atom is -0.393 e. The third-order valence-corrected chi connectivity index (χ3v) is 12.1. The van der Waals surface area contributed by atoms with Gasteiger partial charge >= 0.3 is 5.69 Å². The summed E-state index contributed by atoms with van der Waals surface area (Å²) in [6.07, 6.45) is 14.7. The molecule has 0 aromatic heterocycles. The van der Waals surface area contributed by atoms with E-state index >= 15 is 0 Å². The highest BCUT2D eigenvalue weighted by molar-refractivity contribution is 5.69.